The van der Waals surface area contributed by atoms with Gasteiger partial charge in [-0.3, -0.25) is 0 Å². The van der Waals surface area contributed by atoms with Crippen molar-refractivity contribution in [3.05, 3.63) is 35.4 Å². The fourth-order valence-electron chi connectivity index (χ4n) is 1.34. The highest BCUT2D eigenvalue weighted by Crippen LogP contribution is 2.20. The van der Waals surface area contributed by atoms with E-state index < -0.39 is 0 Å². The predicted molar refractivity (Wildman–Crippen MR) is 54.4 cm³/mol. The lowest BCUT2D eigenvalue weighted by Gasteiger charge is -2.09. The fourth-order valence-corrected chi connectivity index (χ4v) is 1.34. The lowest BCUT2D eigenvalue weighted by Crippen LogP contribution is -1.92. The van der Waals surface area contributed by atoms with Gasteiger partial charge < -0.3 is 0 Å². The molecule has 1 heteroatoms. The van der Waals surface area contributed by atoms with Gasteiger partial charge in [-0.2, -0.15) is 5.26 Å². The third-order valence-electron chi connectivity index (χ3n) is 2.34. The molecule has 1 aromatic rings. The summed E-state index contributed by atoms with van der Waals surface area (Å²) in [7, 11) is 0. The topological polar surface area (TPSA) is 23.8 Å². The van der Waals surface area contributed by atoms with Crippen molar-refractivity contribution in [2.75, 3.05) is 0 Å². The minimum Gasteiger partial charge on any atom is -0.198 e. The van der Waals surface area contributed by atoms with E-state index in [0.717, 1.165) is 6.42 Å². The minimum atomic E-state index is 0.500. The van der Waals surface area contributed by atoms with Crippen LogP contribution in [0.25, 0.3) is 0 Å². The summed E-state index contributed by atoms with van der Waals surface area (Å²) in [6.45, 7) is 4.26. The van der Waals surface area contributed by atoms with Crippen LogP contribution >= 0.6 is 0 Å². The molecule has 0 saturated heterocycles. The first-order valence-corrected chi connectivity index (χ1v) is 4.67. The monoisotopic (exact) mass is 173 g/mol. The van der Waals surface area contributed by atoms with Gasteiger partial charge in [0.05, 0.1) is 6.07 Å². The van der Waals surface area contributed by atoms with Gasteiger partial charge in [0.1, 0.15) is 0 Å². The van der Waals surface area contributed by atoms with Crippen LogP contribution < -0.4 is 0 Å². The molecule has 0 aliphatic rings. The van der Waals surface area contributed by atoms with E-state index in [0.29, 0.717) is 12.3 Å². The van der Waals surface area contributed by atoms with Gasteiger partial charge >= 0.3 is 0 Å². The molecule has 0 amide bonds. The van der Waals surface area contributed by atoms with E-state index in [4.69, 9.17) is 5.26 Å². The highest BCUT2D eigenvalue weighted by atomic mass is 14.2. The first kappa shape index (κ1) is 9.80. The molecule has 0 aromatic heterocycles. The second kappa shape index (κ2) is 4.67. The van der Waals surface area contributed by atoms with Crippen LogP contribution in [0.15, 0.2) is 24.3 Å². The third-order valence-corrected chi connectivity index (χ3v) is 2.34. The van der Waals surface area contributed by atoms with Crippen molar-refractivity contribution in [1.29, 1.82) is 5.26 Å². The van der Waals surface area contributed by atoms with Crippen LogP contribution in [-0.4, -0.2) is 0 Å². The summed E-state index contributed by atoms with van der Waals surface area (Å²) in [5.74, 6) is 0.500. The molecule has 1 nitrogen and oxygen atoms in total. The number of aryl methyl sites for hydroxylation is 1. The van der Waals surface area contributed by atoms with E-state index in [9.17, 15) is 0 Å². The second-order valence-electron chi connectivity index (χ2n) is 3.51. The predicted octanol–water partition coefficient (Wildman–Crippen LogP) is 3.40. The Morgan fingerprint density at radius 2 is 1.92 bits per heavy atom. The van der Waals surface area contributed by atoms with Crippen molar-refractivity contribution in [2.45, 2.75) is 32.6 Å². The Morgan fingerprint density at radius 3 is 2.46 bits per heavy atom. The first-order valence-electron chi connectivity index (χ1n) is 4.67. The van der Waals surface area contributed by atoms with E-state index in [1.807, 2.05) is 0 Å². The molecule has 68 valence electrons. The number of rotatable bonds is 3. The first-order chi connectivity index (χ1) is 6.24. The third kappa shape index (κ3) is 2.91. The number of benzene rings is 1. The average Bonchev–Trinajstić information content (AvgIpc) is 2.15. The Kier molecular flexibility index (Phi) is 3.52. The molecule has 13 heavy (non-hydrogen) atoms. The summed E-state index contributed by atoms with van der Waals surface area (Å²) in [5.41, 5.74) is 2.62. The lowest BCUT2D eigenvalue weighted by molar-refractivity contribution is 0.695. The van der Waals surface area contributed by atoms with Crippen molar-refractivity contribution >= 4 is 0 Å². The molecule has 0 N–H and O–H groups in total. The molecule has 0 heterocycles. The van der Waals surface area contributed by atoms with Crippen molar-refractivity contribution in [3.63, 3.8) is 0 Å². The van der Waals surface area contributed by atoms with E-state index >= 15 is 0 Å². The van der Waals surface area contributed by atoms with Crippen molar-refractivity contribution in [3.8, 4) is 6.07 Å². The summed E-state index contributed by atoms with van der Waals surface area (Å²) in [6.07, 6.45) is 1.61. The van der Waals surface area contributed by atoms with E-state index in [1.54, 1.807) is 0 Å². The largest absolute Gasteiger partial charge is 0.198 e. The van der Waals surface area contributed by atoms with Gasteiger partial charge in [-0.25, -0.2) is 0 Å². The summed E-state index contributed by atoms with van der Waals surface area (Å²) >= 11 is 0. The number of hydrogen-bond donors (Lipinski definition) is 0. The number of nitriles is 1. The van der Waals surface area contributed by atoms with Gasteiger partial charge in [-0.05, 0) is 24.8 Å². The Labute approximate surface area is 80.0 Å². The van der Waals surface area contributed by atoms with Crippen molar-refractivity contribution in [2.24, 2.45) is 0 Å². The standard InChI is InChI=1S/C12H15N/c1-10-5-7-12(8-6-10)11(2)4-3-9-13/h5-8,11H,3-4H2,1-2H3/t11-/m1/s1. The molecular formula is C12H15N. The molecular weight excluding hydrogens is 158 g/mol. The summed E-state index contributed by atoms with van der Waals surface area (Å²) < 4.78 is 0. The fraction of sp³-hybridized carbons (Fsp3) is 0.417. The highest BCUT2D eigenvalue weighted by molar-refractivity contribution is 5.24. The van der Waals surface area contributed by atoms with Crippen LogP contribution in [0.1, 0.15) is 36.8 Å². The second-order valence-corrected chi connectivity index (χ2v) is 3.51. The zero-order chi connectivity index (χ0) is 9.68. The summed E-state index contributed by atoms with van der Waals surface area (Å²) in [5, 5.41) is 8.46. The molecule has 1 rings (SSSR count). The van der Waals surface area contributed by atoms with Crippen LogP contribution in [0.4, 0.5) is 0 Å². The number of nitrogens with zero attached hydrogens (tertiary/aromatic N) is 1. The van der Waals surface area contributed by atoms with E-state index in [1.165, 1.54) is 11.1 Å². The summed E-state index contributed by atoms with van der Waals surface area (Å²) in [4.78, 5) is 0. The maximum Gasteiger partial charge on any atom is 0.0621 e. The van der Waals surface area contributed by atoms with Gasteiger partial charge in [0.2, 0.25) is 0 Å². The molecule has 0 aliphatic heterocycles. The Morgan fingerprint density at radius 1 is 1.31 bits per heavy atom. The molecule has 0 spiro atoms. The van der Waals surface area contributed by atoms with Crippen LogP contribution in [0.2, 0.25) is 0 Å². The smallest absolute Gasteiger partial charge is 0.0621 e. The normalized spacial score (nSPS) is 12.1. The Hall–Kier alpha value is -1.29. The molecule has 1 aromatic carbocycles. The number of hydrogen-bond acceptors (Lipinski definition) is 1. The van der Waals surface area contributed by atoms with Crippen LogP contribution in [0, 0.1) is 18.3 Å². The lowest BCUT2D eigenvalue weighted by atomic mass is 9.96. The maximum absolute atomic E-state index is 8.46. The minimum absolute atomic E-state index is 0.500. The summed E-state index contributed by atoms with van der Waals surface area (Å²) in [6, 6.07) is 10.7. The van der Waals surface area contributed by atoms with Gasteiger partial charge in [0, 0.05) is 6.42 Å². The Bertz CT molecular complexity index is 292. The van der Waals surface area contributed by atoms with E-state index in [-0.39, 0.29) is 0 Å². The zero-order valence-corrected chi connectivity index (χ0v) is 8.25. The SMILES string of the molecule is Cc1ccc([C@H](C)CCC#N)cc1. The highest BCUT2D eigenvalue weighted by Gasteiger charge is 2.03. The van der Waals surface area contributed by atoms with Crippen LogP contribution in [-0.2, 0) is 0 Å². The zero-order valence-electron chi connectivity index (χ0n) is 8.25. The molecule has 0 aliphatic carbocycles. The maximum atomic E-state index is 8.46. The van der Waals surface area contributed by atoms with E-state index in [2.05, 4.69) is 44.2 Å². The Balaban J connectivity index is 2.62. The van der Waals surface area contributed by atoms with Gasteiger partial charge in [-0.15, -0.1) is 0 Å². The van der Waals surface area contributed by atoms with Gasteiger partial charge in [0.25, 0.3) is 0 Å². The molecule has 1 atom stereocenters. The quantitative estimate of drug-likeness (QED) is 0.687. The van der Waals surface area contributed by atoms with Crippen LogP contribution in [0.5, 0.6) is 0 Å². The van der Waals surface area contributed by atoms with Crippen molar-refractivity contribution < 1.29 is 0 Å². The average molecular weight is 173 g/mol. The molecule has 0 bridgehead atoms. The molecule has 0 saturated carbocycles. The van der Waals surface area contributed by atoms with Gasteiger partial charge in [0.15, 0.2) is 0 Å². The van der Waals surface area contributed by atoms with Crippen LogP contribution in [0.3, 0.4) is 0 Å². The van der Waals surface area contributed by atoms with Crippen molar-refractivity contribution in [1.82, 2.24) is 0 Å². The molecule has 0 unspecified atom stereocenters. The van der Waals surface area contributed by atoms with Gasteiger partial charge in [-0.1, -0.05) is 36.8 Å². The molecule has 0 radical (unpaired) electrons. The molecule has 0 fully saturated rings.